The number of amides is 2. The van der Waals surface area contributed by atoms with Crippen LogP contribution in [0.1, 0.15) is 24.5 Å². The number of nitrogens with zero attached hydrogens (tertiary/aromatic N) is 2. The van der Waals surface area contributed by atoms with Crippen molar-refractivity contribution < 1.29 is 18.7 Å². The molecule has 2 fully saturated rings. The Hall–Kier alpha value is -1.95. The molecule has 2 amide bonds. The van der Waals surface area contributed by atoms with E-state index in [1.54, 1.807) is 21.9 Å². The Morgan fingerprint density at radius 3 is 2.73 bits per heavy atom. The number of rotatable bonds is 3. The first-order valence-electron chi connectivity index (χ1n) is 7.56. The molecule has 22 heavy (non-hydrogen) atoms. The lowest BCUT2D eigenvalue weighted by atomic mass is 10.1. The highest BCUT2D eigenvalue weighted by molar-refractivity contribution is 5.86. The third-order valence-electron chi connectivity index (χ3n) is 4.16. The summed E-state index contributed by atoms with van der Waals surface area (Å²) in [5, 5.41) is 0. The number of likely N-dealkylation sites (tertiary alicyclic amines) is 1. The molecule has 118 valence electrons. The molecule has 0 aromatic heterocycles. The van der Waals surface area contributed by atoms with Crippen molar-refractivity contribution in [3.05, 3.63) is 35.6 Å². The van der Waals surface area contributed by atoms with Crippen molar-refractivity contribution >= 4 is 11.8 Å². The van der Waals surface area contributed by atoms with Crippen molar-refractivity contribution in [1.29, 1.82) is 0 Å². The molecule has 1 aromatic carbocycles. The highest BCUT2D eigenvalue weighted by Crippen LogP contribution is 2.23. The largest absolute Gasteiger partial charge is 0.370 e. The molecule has 0 N–H and O–H groups in total. The van der Waals surface area contributed by atoms with Gasteiger partial charge in [0.2, 0.25) is 11.8 Å². The van der Waals surface area contributed by atoms with E-state index in [4.69, 9.17) is 4.74 Å². The first-order valence-corrected chi connectivity index (χ1v) is 7.56. The Morgan fingerprint density at radius 1 is 1.27 bits per heavy atom. The van der Waals surface area contributed by atoms with Crippen molar-refractivity contribution in [2.24, 2.45) is 0 Å². The number of ether oxygens (including phenoxy) is 1. The van der Waals surface area contributed by atoms with E-state index in [0.29, 0.717) is 32.7 Å². The fourth-order valence-corrected chi connectivity index (χ4v) is 2.89. The third-order valence-corrected chi connectivity index (χ3v) is 4.16. The van der Waals surface area contributed by atoms with Crippen LogP contribution in [0.4, 0.5) is 4.39 Å². The Balaban J connectivity index is 1.61. The second-order valence-corrected chi connectivity index (χ2v) is 5.67. The van der Waals surface area contributed by atoms with Crippen LogP contribution in [0.5, 0.6) is 0 Å². The zero-order valence-corrected chi connectivity index (χ0v) is 12.3. The lowest BCUT2D eigenvalue weighted by Crippen LogP contribution is -2.46. The first-order chi connectivity index (χ1) is 10.6. The molecule has 6 heteroatoms. The van der Waals surface area contributed by atoms with E-state index in [0.717, 1.165) is 12.0 Å². The van der Waals surface area contributed by atoms with E-state index < -0.39 is 0 Å². The Kier molecular flexibility index (Phi) is 4.38. The van der Waals surface area contributed by atoms with Gasteiger partial charge in [-0.15, -0.1) is 0 Å². The molecule has 0 aliphatic carbocycles. The minimum absolute atomic E-state index is 0.0503. The molecule has 0 bridgehead atoms. The van der Waals surface area contributed by atoms with Gasteiger partial charge in [0, 0.05) is 19.5 Å². The van der Waals surface area contributed by atoms with E-state index in [1.165, 1.54) is 12.1 Å². The SMILES string of the molecule is O=C1CCCN1CC(=O)N1CCOC(c2ccc(F)cc2)C1. The van der Waals surface area contributed by atoms with Gasteiger partial charge in [-0.3, -0.25) is 9.59 Å². The summed E-state index contributed by atoms with van der Waals surface area (Å²) < 4.78 is 18.7. The van der Waals surface area contributed by atoms with E-state index in [9.17, 15) is 14.0 Å². The van der Waals surface area contributed by atoms with Gasteiger partial charge < -0.3 is 14.5 Å². The number of hydrogen-bond donors (Lipinski definition) is 0. The molecule has 0 saturated carbocycles. The summed E-state index contributed by atoms with van der Waals surface area (Å²) in [5.41, 5.74) is 0.858. The van der Waals surface area contributed by atoms with Crippen molar-refractivity contribution in [2.45, 2.75) is 18.9 Å². The number of carbonyl (C=O) groups is 2. The van der Waals surface area contributed by atoms with Gasteiger partial charge in [-0.1, -0.05) is 12.1 Å². The number of morpholine rings is 1. The number of benzene rings is 1. The van der Waals surface area contributed by atoms with Crippen LogP contribution in [0, 0.1) is 5.82 Å². The maximum atomic E-state index is 13.0. The zero-order valence-electron chi connectivity index (χ0n) is 12.3. The van der Waals surface area contributed by atoms with Gasteiger partial charge >= 0.3 is 0 Å². The van der Waals surface area contributed by atoms with Gasteiger partial charge in [-0.2, -0.15) is 0 Å². The minimum atomic E-state index is -0.292. The van der Waals surface area contributed by atoms with Crippen molar-refractivity contribution in [3.63, 3.8) is 0 Å². The number of hydrogen-bond acceptors (Lipinski definition) is 3. The van der Waals surface area contributed by atoms with Gasteiger partial charge in [0.05, 0.1) is 19.7 Å². The fraction of sp³-hybridized carbons (Fsp3) is 0.500. The predicted molar refractivity (Wildman–Crippen MR) is 77.5 cm³/mol. The number of carbonyl (C=O) groups excluding carboxylic acids is 2. The minimum Gasteiger partial charge on any atom is -0.370 e. The molecule has 0 radical (unpaired) electrons. The molecule has 5 nitrogen and oxygen atoms in total. The molecular formula is C16H19FN2O3. The topological polar surface area (TPSA) is 49.9 Å². The second-order valence-electron chi connectivity index (χ2n) is 5.67. The molecule has 2 saturated heterocycles. The highest BCUT2D eigenvalue weighted by Gasteiger charge is 2.29. The summed E-state index contributed by atoms with van der Waals surface area (Å²) in [5.74, 6) is -0.289. The van der Waals surface area contributed by atoms with Gasteiger partial charge in [0.25, 0.3) is 0 Å². The molecule has 1 unspecified atom stereocenters. The average Bonchev–Trinajstić information content (AvgIpc) is 2.93. The van der Waals surface area contributed by atoms with Crippen molar-refractivity contribution in [1.82, 2.24) is 9.80 Å². The van der Waals surface area contributed by atoms with Crippen LogP contribution in [0.25, 0.3) is 0 Å². The quantitative estimate of drug-likeness (QED) is 0.847. The zero-order chi connectivity index (χ0) is 15.5. The molecule has 2 aliphatic rings. The Morgan fingerprint density at radius 2 is 2.05 bits per heavy atom. The van der Waals surface area contributed by atoms with E-state index in [1.807, 2.05) is 0 Å². The maximum Gasteiger partial charge on any atom is 0.242 e. The van der Waals surface area contributed by atoms with Crippen LogP contribution in [-0.2, 0) is 14.3 Å². The summed E-state index contributed by atoms with van der Waals surface area (Å²) in [6, 6.07) is 6.14. The van der Waals surface area contributed by atoms with E-state index >= 15 is 0 Å². The second kappa shape index (κ2) is 6.44. The Labute approximate surface area is 128 Å². The summed E-state index contributed by atoms with van der Waals surface area (Å²) in [6.45, 7) is 2.22. The standard InChI is InChI=1S/C16H19FN2O3/c17-13-5-3-12(4-6-13)14-10-19(8-9-22-14)16(21)11-18-7-1-2-15(18)20/h3-6,14H,1-2,7-11H2. The smallest absolute Gasteiger partial charge is 0.242 e. The van der Waals surface area contributed by atoms with Gasteiger partial charge in [-0.25, -0.2) is 4.39 Å². The fourth-order valence-electron chi connectivity index (χ4n) is 2.89. The number of halogens is 1. The summed E-state index contributed by atoms with van der Waals surface area (Å²) in [4.78, 5) is 27.3. The van der Waals surface area contributed by atoms with Crippen LogP contribution >= 0.6 is 0 Å². The molecule has 1 atom stereocenters. The first kappa shape index (κ1) is 15.0. The third kappa shape index (κ3) is 3.27. The molecule has 2 aliphatic heterocycles. The van der Waals surface area contributed by atoms with Gasteiger partial charge in [0.15, 0.2) is 0 Å². The van der Waals surface area contributed by atoms with Crippen LogP contribution in [0.15, 0.2) is 24.3 Å². The van der Waals surface area contributed by atoms with Gasteiger partial charge in [0.1, 0.15) is 11.9 Å². The lowest BCUT2D eigenvalue weighted by molar-refractivity contribution is -0.143. The summed E-state index contributed by atoms with van der Waals surface area (Å²) >= 11 is 0. The van der Waals surface area contributed by atoms with E-state index in [2.05, 4.69) is 0 Å². The summed E-state index contributed by atoms with van der Waals surface area (Å²) in [6.07, 6.45) is 1.12. The van der Waals surface area contributed by atoms with Crippen LogP contribution in [-0.4, -0.2) is 54.4 Å². The average molecular weight is 306 g/mol. The molecule has 2 heterocycles. The van der Waals surface area contributed by atoms with Crippen LogP contribution in [0.2, 0.25) is 0 Å². The van der Waals surface area contributed by atoms with Crippen molar-refractivity contribution in [3.8, 4) is 0 Å². The highest BCUT2D eigenvalue weighted by atomic mass is 19.1. The lowest BCUT2D eigenvalue weighted by Gasteiger charge is -2.34. The van der Waals surface area contributed by atoms with E-state index in [-0.39, 0.29) is 30.3 Å². The van der Waals surface area contributed by atoms with Crippen LogP contribution in [0.3, 0.4) is 0 Å². The van der Waals surface area contributed by atoms with Gasteiger partial charge in [-0.05, 0) is 24.1 Å². The maximum absolute atomic E-state index is 13.0. The molecule has 1 aromatic rings. The monoisotopic (exact) mass is 306 g/mol. The van der Waals surface area contributed by atoms with Crippen molar-refractivity contribution in [2.75, 3.05) is 32.8 Å². The molecule has 0 spiro atoms. The van der Waals surface area contributed by atoms with Crippen LogP contribution < -0.4 is 0 Å². The molecular weight excluding hydrogens is 287 g/mol. The Bertz CT molecular complexity index is 561. The molecule has 3 rings (SSSR count). The predicted octanol–water partition coefficient (Wildman–Crippen LogP) is 1.35. The normalized spacial score (nSPS) is 22.2. The summed E-state index contributed by atoms with van der Waals surface area (Å²) in [7, 11) is 0.